The summed E-state index contributed by atoms with van der Waals surface area (Å²) in [4.78, 5) is 20.8. The normalized spacial score (nSPS) is 15.0. The van der Waals surface area contributed by atoms with Crippen LogP contribution in [0, 0.1) is 10.6 Å². The summed E-state index contributed by atoms with van der Waals surface area (Å²) >= 11 is 2.24. The van der Waals surface area contributed by atoms with Crippen LogP contribution >= 0.6 is 22.6 Å². The molecule has 1 aromatic carbocycles. The Bertz CT molecular complexity index is 1060. The molecule has 1 aliphatic heterocycles. The number of halogens is 1. The predicted molar refractivity (Wildman–Crippen MR) is 126 cm³/mol. The lowest BCUT2D eigenvalue weighted by atomic mass is 10.0. The molecule has 0 radical (unpaired) electrons. The molecule has 30 heavy (non-hydrogen) atoms. The zero-order chi connectivity index (χ0) is 21.5. The molecule has 0 spiro atoms. The highest BCUT2D eigenvalue weighted by atomic mass is 127. The van der Waals surface area contributed by atoms with E-state index in [-0.39, 0.29) is 6.09 Å². The summed E-state index contributed by atoms with van der Waals surface area (Å²) in [5, 5.41) is 4.66. The number of fused-ring (bicyclic) bond motifs is 1. The molecule has 0 unspecified atom stereocenters. The Morgan fingerprint density at radius 1 is 1.10 bits per heavy atom. The zero-order valence-electron chi connectivity index (χ0n) is 17.7. The van der Waals surface area contributed by atoms with Crippen LogP contribution in [0.3, 0.4) is 0 Å². The molecule has 3 aromatic rings. The molecule has 1 aliphatic rings. The molecule has 1 amide bonds. The van der Waals surface area contributed by atoms with Gasteiger partial charge in [0.15, 0.2) is 5.65 Å². The number of rotatable bonds is 2. The molecule has 8 heteroatoms. The minimum atomic E-state index is -0.464. The third-order valence-electron chi connectivity index (χ3n) is 5.11. The Balaban J connectivity index is 1.45. The van der Waals surface area contributed by atoms with E-state index < -0.39 is 5.60 Å². The fourth-order valence-corrected chi connectivity index (χ4v) is 4.09. The summed E-state index contributed by atoms with van der Waals surface area (Å²) in [7, 11) is 0. The first-order valence-corrected chi connectivity index (χ1v) is 11.1. The van der Waals surface area contributed by atoms with E-state index in [0.717, 1.165) is 44.9 Å². The highest BCUT2D eigenvalue weighted by molar-refractivity contribution is 14.1. The van der Waals surface area contributed by atoms with Crippen LogP contribution in [-0.2, 0) is 4.74 Å². The van der Waals surface area contributed by atoms with E-state index in [1.807, 2.05) is 38.4 Å². The average molecular weight is 519 g/mol. The number of aromatic nitrogens is 3. The van der Waals surface area contributed by atoms with Gasteiger partial charge in [-0.1, -0.05) is 12.1 Å². The maximum atomic E-state index is 12.3. The van der Waals surface area contributed by atoms with Crippen molar-refractivity contribution in [3.63, 3.8) is 0 Å². The Kier molecular flexibility index (Phi) is 5.61. The van der Waals surface area contributed by atoms with Gasteiger partial charge in [0.1, 0.15) is 9.30 Å². The number of hydrogen-bond donors (Lipinski definition) is 0. The highest BCUT2D eigenvalue weighted by Gasteiger charge is 2.26. The van der Waals surface area contributed by atoms with E-state index in [0.29, 0.717) is 13.1 Å². The zero-order valence-corrected chi connectivity index (χ0v) is 19.9. The second-order valence-corrected chi connectivity index (χ2v) is 9.60. The van der Waals surface area contributed by atoms with Crippen LogP contribution in [0.15, 0.2) is 36.5 Å². The van der Waals surface area contributed by atoms with Crippen molar-refractivity contribution >= 4 is 40.0 Å². The minimum Gasteiger partial charge on any atom is -0.444 e. The number of ether oxygens (including phenoxy) is 1. The van der Waals surface area contributed by atoms with Crippen molar-refractivity contribution < 1.29 is 9.53 Å². The fraction of sp³-hybridized carbons (Fsp3) is 0.409. The van der Waals surface area contributed by atoms with E-state index in [9.17, 15) is 4.79 Å². The number of amides is 1. The summed E-state index contributed by atoms with van der Waals surface area (Å²) in [6, 6.07) is 10.6. The number of carbonyl (C=O) groups is 1. The molecular formula is C22H26IN5O2. The molecule has 4 rings (SSSR count). The minimum absolute atomic E-state index is 0.232. The summed E-state index contributed by atoms with van der Waals surface area (Å²) in [6.45, 7) is 10.6. The Morgan fingerprint density at radius 3 is 2.40 bits per heavy atom. The Hall–Kier alpha value is -2.36. The van der Waals surface area contributed by atoms with Gasteiger partial charge in [-0.15, -0.1) is 0 Å². The lowest BCUT2D eigenvalue weighted by Crippen LogP contribution is -2.50. The molecule has 1 fully saturated rings. The second-order valence-electron chi connectivity index (χ2n) is 8.50. The second kappa shape index (κ2) is 8.05. The first kappa shape index (κ1) is 20.9. The topological polar surface area (TPSA) is 63.0 Å². The van der Waals surface area contributed by atoms with E-state index in [4.69, 9.17) is 4.74 Å². The van der Waals surface area contributed by atoms with Crippen molar-refractivity contribution in [3.05, 3.63) is 45.9 Å². The van der Waals surface area contributed by atoms with Gasteiger partial charge < -0.3 is 14.5 Å². The quantitative estimate of drug-likeness (QED) is 0.471. The molecule has 7 nitrogen and oxygen atoms in total. The molecule has 2 aromatic heterocycles. The van der Waals surface area contributed by atoms with E-state index in [1.165, 1.54) is 0 Å². The largest absolute Gasteiger partial charge is 0.444 e. The van der Waals surface area contributed by atoms with Crippen molar-refractivity contribution in [1.29, 1.82) is 0 Å². The van der Waals surface area contributed by atoms with Crippen LogP contribution in [0.4, 0.5) is 10.5 Å². The number of benzene rings is 1. The number of carbonyl (C=O) groups excluding carboxylic acids is 1. The molecule has 0 saturated carbocycles. The molecule has 158 valence electrons. The number of aryl methyl sites for hydroxylation is 1. The molecule has 0 atom stereocenters. The lowest BCUT2D eigenvalue weighted by Gasteiger charge is -2.36. The number of nitrogens with zero attached hydrogens (tertiary/aromatic N) is 5. The van der Waals surface area contributed by atoms with E-state index in [1.54, 1.807) is 4.90 Å². The number of piperazine rings is 1. The summed E-state index contributed by atoms with van der Waals surface area (Å²) in [5.41, 5.74) is 4.72. The third-order valence-corrected chi connectivity index (χ3v) is 5.85. The maximum Gasteiger partial charge on any atom is 0.410 e. The van der Waals surface area contributed by atoms with Gasteiger partial charge in [0.25, 0.3) is 0 Å². The van der Waals surface area contributed by atoms with Gasteiger partial charge in [-0.05, 0) is 74.0 Å². The van der Waals surface area contributed by atoms with E-state index in [2.05, 4.69) is 67.9 Å². The number of anilines is 1. The summed E-state index contributed by atoms with van der Waals surface area (Å²) < 4.78 is 8.34. The standard InChI is InChI=1S/C22H26IN5O2/c1-15-18(13-20-24-14-19(23)28(20)25-15)16-5-7-17(8-6-16)26-9-11-27(12-10-26)21(29)30-22(2,3)4/h5-8,13-14H,9-12H2,1-4H3. The number of hydrogen-bond acceptors (Lipinski definition) is 5. The molecule has 0 aliphatic carbocycles. The van der Waals surface area contributed by atoms with Gasteiger partial charge in [0.05, 0.1) is 11.9 Å². The highest BCUT2D eigenvalue weighted by Crippen LogP contribution is 2.27. The monoisotopic (exact) mass is 519 g/mol. The summed E-state index contributed by atoms with van der Waals surface area (Å²) in [5.74, 6) is 0. The van der Waals surface area contributed by atoms with Crippen LogP contribution in [-0.4, -0.2) is 57.4 Å². The number of imidazole rings is 1. The Morgan fingerprint density at radius 2 is 1.77 bits per heavy atom. The van der Waals surface area contributed by atoms with Crippen LogP contribution in [0.1, 0.15) is 26.5 Å². The van der Waals surface area contributed by atoms with Crippen LogP contribution in [0.25, 0.3) is 16.8 Å². The van der Waals surface area contributed by atoms with Crippen molar-refractivity contribution in [1.82, 2.24) is 19.5 Å². The van der Waals surface area contributed by atoms with Gasteiger partial charge in [-0.25, -0.2) is 14.3 Å². The smallest absolute Gasteiger partial charge is 0.410 e. The van der Waals surface area contributed by atoms with Crippen LogP contribution in [0.5, 0.6) is 0 Å². The van der Waals surface area contributed by atoms with E-state index >= 15 is 0 Å². The first-order valence-electron chi connectivity index (χ1n) is 10.1. The average Bonchev–Trinajstić information content (AvgIpc) is 3.06. The molecular weight excluding hydrogens is 493 g/mol. The fourth-order valence-electron chi connectivity index (χ4n) is 3.59. The van der Waals surface area contributed by atoms with Gasteiger partial charge >= 0.3 is 6.09 Å². The molecule has 1 saturated heterocycles. The SMILES string of the molecule is Cc1nn2c(I)cnc2cc1-c1ccc(N2CCN(C(=O)OC(C)(C)C)CC2)cc1. The van der Waals surface area contributed by atoms with Crippen molar-refractivity contribution in [3.8, 4) is 11.1 Å². The molecule has 3 heterocycles. The van der Waals surface area contributed by atoms with Gasteiger partial charge in [0.2, 0.25) is 0 Å². The molecule has 0 N–H and O–H groups in total. The van der Waals surface area contributed by atoms with Gasteiger partial charge in [-0.2, -0.15) is 5.10 Å². The van der Waals surface area contributed by atoms with Crippen molar-refractivity contribution in [2.24, 2.45) is 0 Å². The van der Waals surface area contributed by atoms with Crippen molar-refractivity contribution in [2.75, 3.05) is 31.1 Å². The molecule has 0 bridgehead atoms. The first-order chi connectivity index (χ1) is 14.2. The van der Waals surface area contributed by atoms with Crippen molar-refractivity contribution in [2.45, 2.75) is 33.3 Å². The maximum absolute atomic E-state index is 12.3. The van der Waals surface area contributed by atoms with Crippen LogP contribution in [0.2, 0.25) is 0 Å². The third kappa shape index (κ3) is 4.38. The summed E-state index contributed by atoms with van der Waals surface area (Å²) in [6.07, 6.45) is 1.59. The Labute approximate surface area is 190 Å². The lowest BCUT2D eigenvalue weighted by molar-refractivity contribution is 0.0240. The van der Waals surface area contributed by atoms with Crippen LogP contribution < -0.4 is 4.90 Å². The van der Waals surface area contributed by atoms with Gasteiger partial charge in [0, 0.05) is 37.4 Å². The predicted octanol–water partition coefficient (Wildman–Crippen LogP) is 4.37. The van der Waals surface area contributed by atoms with Gasteiger partial charge in [-0.3, -0.25) is 0 Å².